The van der Waals surface area contributed by atoms with Crippen molar-refractivity contribution in [3.05, 3.63) is 23.3 Å². The first-order chi connectivity index (χ1) is 15.0. The van der Waals surface area contributed by atoms with E-state index in [9.17, 15) is 5.11 Å². The number of methoxy groups -OCH3 is 2. The molecule has 1 aromatic rings. The van der Waals surface area contributed by atoms with E-state index in [-0.39, 0.29) is 28.3 Å². The second-order valence-electron chi connectivity index (χ2n) is 12.5. The third-order valence-electron chi connectivity index (χ3n) is 11.0. The first-order valence-electron chi connectivity index (χ1n) is 12.3. The van der Waals surface area contributed by atoms with Crippen LogP contribution in [0.4, 0.5) is 0 Å². The van der Waals surface area contributed by atoms with Crippen LogP contribution in [0.15, 0.2) is 12.1 Å². The Bertz CT molecular complexity index is 983. The van der Waals surface area contributed by atoms with Gasteiger partial charge in [-0.2, -0.15) is 0 Å². The highest BCUT2D eigenvalue weighted by molar-refractivity contribution is 5.63. The number of ether oxygens (including phenoxy) is 3. The van der Waals surface area contributed by atoms with Crippen LogP contribution in [0.2, 0.25) is 0 Å². The van der Waals surface area contributed by atoms with Gasteiger partial charge >= 0.3 is 0 Å². The van der Waals surface area contributed by atoms with Crippen LogP contribution >= 0.6 is 0 Å². The summed E-state index contributed by atoms with van der Waals surface area (Å²) >= 11 is 0. The van der Waals surface area contributed by atoms with Gasteiger partial charge in [-0.05, 0) is 69.7 Å². The minimum absolute atomic E-state index is 0.00253. The van der Waals surface area contributed by atoms with Crippen LogP contribution in [0.1, 0.15) is 64.5 Å². The zero-order chi connectivity index (χ0) is 22.9. The fourth-order valence-corrected chi connectivity index (χ4v) is 9.01. The lowest BCUT2D eigenvalue weighted by Gasteiger charge is -2.75. The molecular formula is C27H39NO4. The molecule has 5 nitrogen and oxygen atoms in total. The van der Waals surface area contributed by atoms with Gasteiger partial charge in [-0.25, -0.2) is 0 Å². The molecule has 2 heterocycles. The number of fused-ring (bicyclic) bond motifs is 2. The fraction of sp³-hybridized carbons (Fsp3) is 0.778. The molecule has 7 rings (SSSR count). The third kappa shape index (κ3) is 2.01. The Kier molecular flexibility index (Phi) is 4.00. The van der Waals surface area contributed by atoms with E-state index in [1.807, 2.05) is 14.0 Å². The van der Waals surface area contributed by atoms with E-state index in [4.69, 9.17) is 14.2 Å². The number of likely N-dealkylation sites (tertiary alicyclic amines) is 1. The number of nitrogens with zero attached hydrogens (tertiary/aromatic N) is 1. The molecule has 5 heteroatoms. The summed E-state index contributed by atoms with van der Waals surface area (Å²) in [5.74, 6) is 1.79. The highest BCUT2D eigenvalue weighted by Gasteiger charge is 2.82. The van der Waals surface area contributed by atoms with Crippen molar-refractivity contribution in [2.45, 2.75) is 88.6 Å². The van der Waals surface area contributed by atoms with E-state index in [1.165, 1.54) is 11.1 Å². The van der Waals surface area contributed by atoms with E-state index in [0.29, 0.717) is 6.04 Å². The molecule has 0 radical (unpaired) electrons. The molecule has 4 bridgehead atoms. The van der Waals surface area contributed by atoms with E-state index in [2.05, 4.69) is 44.9 Å². The number of piperidine rings is 1. The molecule has 1 aromatic carbocycles. The Morgan fingerprint density at radius 1 is 1.12 bits per heavy atom. The van der Waals surface area contributed by atoms with Crippen LogP contribution in [-0.2, 0) is 16.6 Å². The molecule has 4 fully saturated rings. The lowest BCUT2D eigenvalue weighted by atomic mass is 9.33. The van der Waals surface area contributed by atoms with E-state index in [1.54, 1.807) is 7.11 Å². The van der Waals surface area contributed by atoms with Gasteiger partial charge in [0.2, 0.25) is 0 Å². The summed E-state index contributed by atoms with van der Waals surface area (Å²) in [5, 5.41) is 12.1. The normalized spacial score (nSPS) is 43.4. The van der Waals surface area contributed by atoms with Gasteiger partial charge in [0.05, 0.1) is 12.7 Å². The maximum Gasteiger partial charge on any atom is 0.165 e. The van der Waals surface area contributed by atoms with E-state index >= 15 is 0 Å². The van der Waals surface area contributed by atoms with Crippen LogP contribution in [0, 0.1) is 16.7 Å². The summed E-state index contributed by atoms with van der Waals surface area (Å²) in [6.07, 6.45) is 5.07. The molecule has 5 unspecified atom stereocenters. The topological polar surface area (TPSA) is 51.2 Å². The van der Waals surface area contributed by atoms with E-state index in [0.717, 1.165) is 50.1 Å². The molecule has 0 amide bonds. The van der Waals surface area contributed by atoms with Crippen molar-refractivity contribution in [1.82, 2.24) is 4.90 Å². The van der Waals surface area contributed by atoms with Crippen molar-refractivity contribution in [3.8, 4) is 11.5 Å². The molecule has 176 valence electrons. The van der Waals surface area contributed by atoms with Crippen molar-refractivity contribution in [1.29, 1.82) is 0 Å². The SMILES string of the molecule is COc1ccc2c3c1O[C@H]1C4(OC)CCC5(C[C@@H]4C(C)(O)C(C)(C)C)C(C2)N(C)CCC315. The minimum atomic E-state index is -0.882. The Balaban J connectivity index is 1.65. The average molecular weight is 442 g/mol. The molecule has 32 heavy (non-hydrogen) atoms. The number of aliphatic hydroxyl groups is 1. The van der Waals surface area contributed by atoms with Gasteiger partial charge in [-0.15, -0.1) is 0 Å². The van der Waals surface area contributed by atoms with Gasteiger partial charge in [-0.3, -0.25) is 0 Å². The number of hydrogen-bond acceptors (Lipinski definition) is 5. The molecule has 1 N–H and O–H groups in total. The van der Waals surface area contributed by atoms with Crippen molar-refractivity contribution in [2.24, 2.45) is 16.7 Å². The monoisotopic (exact) mass is 441 g/mol. The van der Waals surface area contributed by atoms with Gasteiger partial charge in [0.1, 0.15) is 11.7 Å². The van der Waals surface area contributed by atoms with Crippen LogP contribution in [0.5, 0.6) is 11.5 Å². The van der Waals surface area contributed by atoms with Crippen molar-refractivity contribution < 1.29 is 19.3 Å². The Morgan fingerprint density at radius 3 is 2.53 bits per heavy atom. The first-order valence-corrected chi connectivity index (χ1v) is 12.3. The van der Waals surface area contributed by atoms with Gasteiger partial charge in [0.15, 0.2) is 11.5 Å². The van der Waals surface area contributed by atoms with Gasteiger partial charge < -0.3 is 24.2 Å². The van der Waals surface area contributed by atoms with Gasteiger partial charge in [0, 0.05) is 35.5 Å². The smallest absolute Gasteiger partial charge is 0.165 e. The minimum Gasteiger partial charge on any atom is -0.493 e. The molecule has 3 saturated carbocycles. The molecule has 1 saturated heterocycles. The van der Waals surface area contributed by atoms with Gasteiger partial charge in [-0.1, -0.05) is 26.8 Å². The standard InChI is InChI=1S/C27H39NO4/c1-23(2,3)24(4,29)18-15-25-10-11-27(18,31-7)22-26(25)12-13-28(5)19(25)14-16-8-9-17(30-6)21(32-22)20(16)26/h8-9,18-19,22,29H,10-15H2,1-7H3/t18-,19?,22-,24?,25?,26?,27?/m1/s1. The summed E-state index contributed by atoms with van der Waals surface area (Å²) < 4.78 is 19.4. The highest BCUT2D eigenvalue weighted by Crippen LogP contribution is 2.77. The molecule has 4 aliphatic carbocycles. The van der Waals surface area contributed by atoms with Crippen molar-refractivity contribution in [3.63, 3.8) is 0 Å². The predicted octanol–water partition coefficient (Wildman–Crippen LogP) is 3.94. The zero-order valence-corrected chi connectivity index (χ0v) is 20.7. The van der Waals surface area contributed by atoms with E-state index < -0.39 is 11.2 Å². The van der Waals surface area contributed by atoms with Crippen molar-refractivity contribution in [2.75, 3.05) is 27.8 Å². The van der Waals surface area contributed by atoms with Crippen LogP contribution in [-0.4, -0.2) is 61.2 Å². The number of rotatable bonds is 3. The van der Waals surface area contributed by atoms with Crippen LogP contribution < -0.4 is 9.47 Å². The Hall–Kier alpha value is -1.30. The molecule has 2 spiro atoms. The van der Waals surface area contributed by atoms with Crippen LogP contribution in [0.3, 0.4) is 0 Å². The average Bonchev–Trinajstić information content (AvgIpc) is 3.12. The third-order valence-corrected chi connectivity index (χ3v) is 11.0. The molecule has 2 aliphatic heterocycles. The zero-order valence-electron chi connectivity index (χ0n) is 20.7. The maximum atomic E-state index is 12.1. The number of benzene rings is 1. The predicted molar refractivity (Wildman–Crippen MR) is 123 cm³/mol. The summed E-state index contributed by atoms with van der Waals surface area (Å²) in [4.78, 5) is 2.60. The lowest BCUT2D eigenvalue weighted by molar-refractivity contribution is -0.311. The molecule has 0 aromatic heterocycles. The number of hydrogen-bond donors (Lipinski definition) is 1. The lowest BCUT2D eigenvalue weighted by Crippen LogP contribution is -2.83. The maximum absolute atomic E-state index is 12.1. The summed E-state index contributed by atoms with van der Waals surface area (Å²) in [6, 6.07) is 4.82. The molecular weight excluding hydrogens is 402 g/mol. The first kappa shape index (κ1) is 21.2. The fourth-order valence-electron chi connectivity index (χ4n) is 9.01. The number of likely N-dealkylation sites (N-methyl/N-ethyl adjacent to an activating group) is 1. The summed E-state index contributed by atoms with van der Waals surface area (Å²) in [6.45, 7) is 9.59. The Labute approximate surface area is 192 Å². The van der Waals surface area contributed by atoms with Crippen molar-refractivity contribution >= 4 is 0 Å². The second kappa shape index (κ2) is 6.03. The van der Waals surface area contributed by atoms with Crippen LogP contribution in [0.25, 0.3) is 0 Å². The Morgan fingerprint density at radius 2 is 1.88 bits per heavy atom. The quantitative estimate of drug-likeness (QED) is 0.770. The van der Waals surface area contributed by atoms with Gasteiger partial charge in [0.25, 0.3) is 0 Å². The summed E-state index contributed by atoms with van der Waals surface area (Å²) in [5.41, 5.74) is 1.17. The highest BCUT2D eigenvalue weighted by atomic mass is 16.6. The molecule has 6 aliphatic rings. The largest absolute Gasteiger partial charge is 0.493 e. The summed E-state index contributed by atoms with van der Waals surface area (Å²) in [7, 11) is 5.89. The molecule has 7 atom stereocenters. The second-order valence-corrected chi connectivity index (χ2v) is 12.5.